The summed E-state index contributed by atoms with van der Waals surface area (Å²) in [6.45, 7) is 2.37. The van der Waals surface area contributed by atoms with Crippen molar-refractivity contribution in [3.63, 3.8) is 0 Å². The molecule has 0 spiro atoms. The van der Waals surface area contributed by atoms with Gasteiger partial charge in [-0.05, 0) is 85.4 Å². The molecule has 0 amide bonds. The summed E-state index contributed by atoms with van der Waals surface area (Å²) in [5.74, 6) is 1.61. The van der Waals surface area contributed by atoms with Crippen LogP contribution in [0.25, 0.3) is 22.2 Å². The van der Waals surface area contributed by atoms with E-state index in [1.165, 1.54) is 29.5 Å². The van der Waals surface area contributed by atoms with E-state index in [0.29, 0.717) is 17.8 Å². The highest BCUT2D eigenvalue weighted by atomic mass is 35.5. The van der Waals surface area contributed by atoms with Crippen molar-refractivity contribution < 1.29 is 4.39 Å². The van der Waals surface area contributed by atoms with Gasteiger partial charge >= 0.3 is 0 Å². The molecule has 4 aromatic rings. The molecular formula is C27H26ClFN2S. The highest BCUT2D eigenvalue weighted by Crippen LogP contribution is 2.41. The third kappa shape index (κ3) is 4.57. The third-order valence-electron chi connectivity index (χ3n) is 6.94. The van der Waals surface area contributed by atoms with Gasteiger partial charge in [-0.1, -0.05) is 30.7 Å². The van der Waals surface area contributed by atoms with Crippen LogP contribution in [0, 0.1) is 17.7 Å². The molecule has 0 saturated heterocycles. The van der Waals surface area contributed by atoms with Crippen LogP contribution in [0.2, 0.25) is 5.02 Å². The number of thiazole rings is 1. The van der Waals surface area contributed by atoms with Crippen LogP contribution >= 0.6 is 22.9 Å². The summed E-state index contributed by atoms with van der Waals surface area (Å²) in [7, 11) is 0. The van der Waals surface area contributed by atoms with Crippen molar-refractivity contribution in [3.05, 3.63) is 81.5 Å². The van der Waals surface area contributed by atoms with E-state index >= 15 is 0 Å². The molecule has 0 bridgehead atoms. The standard InChI is InChI=1S/C27H26ClFN2S/c1-17(14-27-31-26(16-32-27)20-6-8-21(28)9-7-20)18-2-4-19(5-3-18)23-12-13-30-25-11-10-22(29)15-24(23)25/h6-13,15-19H,2-5,14H2,1H3/t17-,18?,19?/m0/s1. The summed E-state index contributed by atoms with van der Waals surface area (Å²) in [5, 5.41) is 5.08. The van der Waals surface area contributed by atoms with Crippen molar-refractivity contribution in [2.45, 2.75) is 44.9 Å². The number of hydrogen-bond donors (Lipinski definition) is 0. The lowest BCUT2D eigenvalue weighted by Gasteiger charge is -2.32. The van der Waals surface area contributed by atoms with Gasteiger partial charge in [-0.3, -0.25) is 4.98 Å². The molecule has 2 nitrogen and oxygen atoms in total. The Labute approximate surface area is 197 Å². The monoisotopic (exact) mass is 464 g/mol. The van der Waals surface area contributed by atoms with Crippen LogP contribution in [0.15, 0.2) is 60.1 Å². The van der Waals surface area contributed by atoms with E-state index in [9.17, 15) is 4.39 Å². The molecule has 1 fully saturated rings. The summed E-state index contributed by atoms with van der Waals surface area (Å²) >= 11 is 7.76. The Hall–Kier alpha value is -2.30. The molecule has 5 heteroatoms. The third-order valence-corrected chi connectivity index (χ3v) is 8.07. The Bertz CT molecular complexity index is 1210. The van der Waals surface area contributed by atoms with Crippen LogP contribution in [0.4, 0.5) is 4.39 Å². The molecule has 1 saturated carbocycles. The second kappa shape index (κ2) is 9.29. The Balaban J connectivity index is 1.22. The minimum Gasteiger partial charge on any atom is -0.256 e. The van der Waals surface area contributed by atoms with Crippen molar-refractivity contribution in [1.29, 1.82) is 0 Å². The van der Waals surface area contributed by atoms with Crippen LogP contribution in [-0.2, 0) is 6.42 Å². The molecule has 5 rings (SSSR count). The quantitative estimate of drug-likeness (QED) is 0.296. The molecular weight excluding hydrogens is 439 g/mol. The van der Waals surface area contributed by atoms with E-state index in [4.69, 9.17) is 16.6 Å². The van der Waals surface area contributed by atoms with Gasteiger partial charge in [0, 0.05) is 34.0 Å². The Morgan fingerprint density at radius 3 is 2.62 bits per heavy atom. The predicted octanol–water partition coefficient (Wildman–Crippen LogP) is 8.30. The number of fused-ring (bicyclic) bond motifs is 1. The predicted molar refractivity (Wildman–Crippen MR) is 132 cm³/mol. The van der Waals surface area contributed by atoms with E-state index < -0.39 is 0 Å². The Morgan fingerprint density at radius 1 is 1.06 bits per heavy atom. The summed E-state index contributed by atoms with van der Waals surface area (Å²) in [4.78, 5) is 9.30. The molecule has 2 aromatic heterocycles. The molecule has 1 aliphatic rings. The molecule has 0 radical (unpaired) electrons. The molecule has 1 atom stereocenters. The van der Waals surface area contributed by atoms with Gasteiger partial charge in [0.2, 0.25) is 0 Å². The van der Waals surface area contributed by atoms with E-state index in [1.54, 1.807) is 23.5 Å². The van der Waals surface area contributed by atoms with E-state index in [2.05, 4.69) is 23.4 Å². The van der Waals surface area contributed by atoms with Crippen LogP contribution in [0.3, 0.4) is 0 Å². The zero-order chi connectivity index (χ0) is 22.1. The second-order valence-corrected chi connectivity index (χ2v) is 10.4. The molecule has 1 aliphatic carbocycles. The molecule has 164 valence electrons. The van der Waals surface area contributed by atoms with Crippen LogP contribution in [0.5, 0.6) is 0 Å². The second-order valence-electron chi connectivity index (χ2n) is 8.99. The van der Waals surface area contributed by atoms with E-state index in [1.807, 2.05) is 30.5 Å². The van der Waals surface area contributed by atoms with Crippen LogP contribution < -0.4 is 0 Å². The fourth-order valence-corrected chi connectivity index (χ4v) is 6.17. The lowest BCUT2D eigenvalue weighted by atomic mass is 9.73. The van der Waals surface area contributed by atoms with Gasteiger partial charge in [0.25, 0.3) is 0 Å². The maximum absolute atomic E-state index is 13.8. The van der Waals surface area contributed by atoms with Crippen molar-refractivity contribution in [3.8, 4) is 11.3 Å². The lowest BCUT2D eigenvalue weighted by molar-refractivity contribution is 0.245. The topological polar surface area (TPSA) is 25.8 Å². The summed E-state index contributed by atoms with van der Waals surface area (Å²) in [5.41, 5.74) is 4.30. The number of hydrogen-bond acceptors (Lipinski definition) is 3. The molecule has 32 heavy (non-hydrogen) atoms. The Kier molecular flexibility index (Phi) is 6.25. The first-order chi connectivity index (χ1) is 15.6. The highest BCUT2D eigenvalue weighted by Gasteiger charge is 2.27. The van der Waals surface area contributed by atoms with Crippen LogP contribution in [-0.4, -0.2) is 9.97 Å². The van der Waals surface area contributed by atoms with Gasteiger partial charge in [-0.2, -0.15) is 0 Å². The van der Waals surface area contributed by atoms with Gasteiger partial charge < -0.3 is 0 Å². The number of halogens is 2. The maximum Gasteiger partial charge on any atom is 0.123 e. The van der Waals surface area contributed by atoms with Crippen molar-refractivity contribution in [2.75, 3.05) is 0 Å². The molecule has 0 N–H and O–H groups in total. The lowest BCUT2D eigenvalue weighted by Crippen LogP contribution is -2.21. The first kappa shape index (κ1) is 21.5. The number of aromatic nitrogens is 2. The Morgan fingerprint density at radius 2 is 1.84 bits per heavy atom. The van der Waals surface area contributed by atoms with Crippen molar-refractivity contribution >= 4 is 33.8 Å². The largest absolute Gasteiger partial charge is 0.256 e. The number of pyridine rings is 1. The summed E-state index contributed by atoms with van der Waals surface area (Å²) in [6, 6.07) is 14.9. The van der Waals surface area contributed by atoms with Gasteiger partial charge in [0.1, 0.15) is 5.82 Å². The average molecular weight is 465 g/mol. The average Bonchev–Trinajstić information content (AvgIpc) is 3.27. The minimum absolute atomic E-state index is 0.185. The number of rotatable bonds is 5. The van der Waals surface area contributed by atoms with Gasteiger partial charge in [-0.15, -0.1) is 11.3 Å². The SMILES string of the molecule is C[C@@H](Cc1nc(-c2ccc(Cl)cc2)cs1)C1CCC(c2ccnc3ccc(F)cc23)CC1. The number of nitrogens with zero attached hydrogens (tertiary/aromatic N) is 2. The fourth-order valence-electron chi connectivity index (χ4n) is 5.09. The molecule has 2 aromatic carbocycles. The minimum atomic E-state index is -0.185. The highest BCUT2D eigenvalue weighted by molar-refractivity contribution is 7.09. The smallest absolute Gasteiger partial charge is 0.123 e. The van der Waals surface area contributed by atoms with Crippen molar-refractivity contribution in [2.24, 2.45) is 11.8 Å². The normalized spacial score (nSPS) is 19.8. The summed E-state index contributed by atoms with van der Waals surface area (Å²) < 4.78 is 13.8. The first-order valence-corrected chi connectivity index (χ1v) is 12.6. The molecule has 0 unspecified atom stereocenters. The van der Waals surface area contributed by atoms with Gasteiger partial charge in [-0.25, -0.2) is 9.37 Å². The van der Waals surface area contributed by atoms with Crippen molar-refractivity contribution in [1.82, 2.24) is 9.97 Å². The molecule has 2 heterocycles. The summed E-state index contributed by atoms with van der Waals surface area (Å²) in [6.07, 6.45) is 7.61. The van der Waals surface area contributed by atoms with Gasteiger partial charge in [0.05, 0.1) is 16.2 Å². The zero-order valence-electron chi connectivity index (χ0n) is 18.1. The van der Waals surface area contributed by atoms with E-state index in [0.717, 1.165) is 46.4 Å². The maximum atomic E-state index is 13.8. The fraction of sp³-hybridized carbons (Fsp3) is 0.333. The number of benzene rings is 2. The van der Waals surface area contributed by atoms with Crippen LogP contribution in [0.1, 0.15) is 49.1 Å². The zero-order valence-corrected chi connectivity index (χ0v) is 19.7. The first-order valence-electron chi connectivity index (χ1n) is 11.3. The van der Waals surface area contributed by atoms with Gasteiger partial charge in [0.15, 0.2) is 0 Å². The van der Waals surface area contributed by atoms with E-state index in [-0.39, 0.29) is 5.82 Å². The molecule has 0 aliphatic heterocycles.